The molecule has 0 heterocycles. The molecule has 0 amide bonds. The fourth-order valence-corrected chi connectivity index (χ4v) is 3.79. The first-order valence-electron chi connectivity index (χ1n) is 3.76. The summed E-state index contributed by atoms with van der Waals surface area (Å²) in [6, 6.07) is 0. The lowest BCUT2D eigenvalue weighted by Crippen LogP contribution is -1.78. The molecule has 0 bridgehead atoms. The van der Waals surface area contributed by atoms with Crippen molar-refractivity contribution in [3.63, 3.8) is 0 Å². The highest BCUT2D eigenvalue weighted by Crippen LogP contribution is 2.59. The quantitative estimate of drug-likeness (QED) is 0.414. The third-order valence-electron chi connectivity index (χ3n) is 1.26. The van der Waals surface area contributed by atoms with Crippen molar-refractivity contribution in [2.75, 3.05) is 5.75 Å². The third kappa shape index (κ3) is 11.3. The van der Waals surface area contributed by atoms with Gasteiger partial charge in [0.15, 0.2) is 4.67 Å². The lowest BCUT2D eigenvalue weighted by molar-refractivity contribution is 0.654. The number of rotatable bonds is 6. The van der Waals surface area contributed by atoms with Gasteiger partial charge in [-0.1, -0.05) is 37.6 Å². The molecule has 1 N–H and O–H groups in total. The minimum absolute atomic E-state index is 0.956. The summed E-state index contributed by atoms with van der Waals surface area (Å²) in [5, 5.41) is 0. The van der Waals surface area contributed by atoms with Crippen LogP contribution in [0.2, 0.25) is 0 Å². The van der Waals surface area contributed by atoms with Crippen LogP contribution >= 0.6 is 28.3 Å². The van der Waals surface area contributed by atoms with Crippen molar-refractivity contribution in [1.82, 2.24) is 0 Å². The molecular weight excluding hydrogens is 215 g/mol. The molecule has 0 radical (unpaired) electrons. The molecule has 68 valence electrons. The van der Waals surface area contributed by atoms with E-state index in [0.717, 1.165) is 12.2 Å². The van der Waals surface area contributed by atoms with Crippen molar-refractivity contribution >= 4 is 40.1 Å². The first-order valence-corrected chi connectivity index (χ1v) is 9.26. The van der Waals surface area contributed by atoms with Gasteiger partial charge < -0.3 is 4.89 Å². The Morgan fingerprint density at radius 1 is 1.45 bits per heavy atom. The summed E-state index contributed by atoms with van der Waals surface area (Å²) in [4.78, 5) is 9.13. The lowest BCUT2D eigenvalue weighted by Gasteiger charge is -2.05. The summed E-state index contributed by atoms with van der Waals surface area (Å²) in [6.07, 6.45) is 4.92. The molecule has 0 aliphatic carbocycles. The van der Waals surface area contributed by atoms with Gasteiger partial charge in [-0.25, -0.2) is 0 Å². The van der Waals surface area contributed by atoms with Gasteiger partial charge >= 0.3 is 0 Å². The van der Waals surface area contributed by atoms with Crippen LogP contribution in [0.3, 0.4) is 0 Å². The maximum atomic E-state index is 9.13. The molecular formula is C6H15OPS3. The average Bonchev–Trinajstić information content (AvgIpc) is 1.85. The molecule has 0 aromatic carbocycles. The van der Waals surface area contributed by atoms with Crippen LogP contribution in [0, 0.1) is 0 Å². The van der Waals surface area contributed by atoms with Gasteiger partial charge in [-0.2, -0.15) is 0 Å². The summed E-state index contributed by atoms with van der Waals surface area (Å²) in [5.41, 5.74) is 0. The van der Waals surface area contributed by atoms with E-state index in [0.29, 0.717) is 0 Å². The van der Waals surface area contributed by atoms with Crippen molar-refractivity contribution in [2.45, 2.75) is 32.6 Å². The van der Waals surface area contributed by atoms with E-state index in [2.05, 4.69) is 19.2 Å². The van der Waals surface area contributed by atoms with Gasteiger partial charge in [-0.3, -0.25) is 0 Å². The third-order valence-corrected chi connectivity index (χ3v) is 5.61. The lowest BCUT2D eigenvalue weighted by atomic mass is 10.2. The molecule has 0 spiro atoms. The highest BCUT2D eigenvalue weighted by Gasteiger charge is 2.04. The zero-order valence-electron chi connectivity index (χ0n) is 6.69. The van der Waals surface area contributed by atoms with Crippen LogP contribution in [0.15, 0.2) is 0 Å². The molecule has 5 heteroatoms. The Bertz CT molecular complexity index is 134. The summed E-state index contributed by atoms with van der Waals surface area (Å²) in [5.74, 6) is 0.956. The zero-order valence-corrected chi connectivity index (χ0v) is 10.1. The van der Waals surface area contributed by atoms with Crippen LogP contribution in [0.4, 0.5) is 0 Å². The van der Waals surface area contributed by atoms with E-state index in [9.17, 15) is 0 Å². The van der Waals surface area contributed by atoms with E-state index in [1.165, 1.54) is 30.6 Å². The Kier molecular flexibility index (Phi) is 7.59. The smallest absolute Gasteiger partial charge is 0.169 e. The summed E-state index contributed by atoms with van der Waals surface area (Å²) >= 11 is 10.1. The average molecular weight is 230 g/mol. The molecule has 0 fully saturated rings. The molecule has 0 aliphatic rings. The maximum absolute atomic E-state index is 9.13. The summed E-state index contributed by atoms with van der Waals surface area (Å²) in [6.45, 7) is 2.18. The van der Waals surface area contributed by atoms with Gasteiger partial charge in [0.05, 0.1) is 0 Å². The molecule has 0 rings (SSSR count). The molecule has 0 aromatic heterocycles. The topological polar surface area (TPSA) is 20.2 Å². The van der Waals surface area contributed by atoms with Gasteiger partial charge in [0.25, 0.3) is 0 Å². The van der Waals surface area contributed by atoms with Gasteiger partial charge in [0.2, 0.25) is 0 Å². The summed E-state index contributed by atoms with van der Waals surface area (Å²) < 4.78 is -2.27. The van der Waals surface area contributed by atoms with E-state index >= 15 is 0 Å². The van der Waals surface area contributed by atoms with E-state index in [1.54, 1.807) is 0 Å². The van der Waals surface area contributed by atoms with Crippen LogP contribution in [0.5, 0.6) is 0 Å². The zero-order chi connectivity index (χ0) is 8.74. The van der Waals surface area contributed by atoms with Gasteiger partial charge in [-0.15, -0.1) is 12.2 Å². The van der Waals surface area contributed by atoms with Crippen LogP contribution in [0.1, 0.15) is 32.6 Å². The van der Waals surface area contributed by atoms with Crippen LogP contribution < -0.4 is 0 Å². The van der Waals surface area contributed by atoms with E-state index < -0.39 is 4.67 Å². The van der Waals surface area contributed by atoms with Crippen molar-refractivity contribution in [3.8, 4) is 0 Å². The Hall–Kier alpha value is 1.31. The van der Waals surface area contributed by atoms with E-state index in [4.69, 9.17) is 16.7 Å². The molecule has 1 nitrogen and oxygen atoms in total. The standard InChI is InChI=1S/C6H15OPS3/c1-2-3-4-5-6-11-8(7,9)10/h2-6H2,1H3,(H2,7,9,10). The Morgan fingerprint density at radius 2 is 2.09 bits per heavy atom. The Morgan fingerprint density at radius 3 is 2.55 bits per heavy atom. The molecule has 0 saturated carbocycles. The van der Waals surface area contributed by atoms with E-state index in [-0.39, 0.29) is 0 Å². The Balaban J connectivity index is 3.09. The van der Waals surface area contributed by atoms with Crippen molar-refractivity contribution in [1.29, 1.82) is 0 Å². The minimum Gasteiger partial charge on any atom is -0.350 e. The molecule has 0 saturated heterocycles. The first-order chi connectivity index (χ1) is 5.06. The molecule has 11 heavy (non-hydrogen) atoms. The fourth-order valence-electron chi connectivity index (χ4n) is 0.712. The van der Waals surface area contributed by atoms with Crippen LogP contribution in [0.25, 0.3) is 0 Å². The number of thiol groups is 1. The van der Waals surface area contributed by atoms with Gasteiger partial charge in [-0.05, 0) is 18.2 Å². The SMILES string of the molecule is CCCCCCSP(O)(=S)S. The Labute approximate surface area is 83.3 Å². The number of hydrogen-bond donors (Lipinski definition) is 2. The van der Waals surface area contributed by atoms with Gasteiger partial charge in [0, 0.05) is 5.75 Å². The highest BCUT2D eigenvalue weighted by molar-refractivity contribution is 8.94. The molecule has 0 aromatic rings. The van der Waals surface area contributed by atoms with Crippen molar-refractivity contribution in [3.05, 3.63) is 0 Å². The van der Waals surface area contributed by atoms with E-state index in [1.807, 2.05) is 0 Å². The highest BCUT2D eigenvalue weighted by atomic mass is 33.2. The number of unbranched alkanes of at least 4 members (excludes halogenated alkanes) is 3. The fraction of sp³-hybridized carbons (Fsp3) is 1.00. The molecule has 0 aliphatic heterocycles. The van der Waals surface area contributed by atoms with Crippen molar-refractivity contribution < 1.29 is 4.89 Å². The largest absolute Gasteiger partial charge is 0.350 e. The van der Waals surface area contributed by atoms with Gasteiger partial charge in [0.1, 0.15) is 0 Å². The molecule has 1 unspecified atom stereocenters. The predicted molar refractivity (Wildman–Crippen MR) is 62.1 cm³/mol. The molecule has 1 atom stereocenters. The normalized spacial score (nSPS) is 16.3. The van der Waals surface area contributed by atoms with Crippen LogP contribution in [-0.2, 0) is 11.8 Å². The monoisotopic (exact) mass is 230 g/mol. The second kappa shape index (κ2) is 6.79. The minimum atomic E-state index is -2.27. The second-order valence-corrected chi connectivity index (χ2v) is 12.0. The van der Waals surface area contributed by atoms with Crippen molar-refractivity contribution in [2.24, 2.45) is 0 Å². The van der Waals surface area contributed by atoms with Crippen LogP contribution in [-0.4, -0.2) is 10.6 Å². The first kappa shape index (κ1) is 12.3. The summed E-state index contributed by atoms with van der Waals surface area (Å²) in [7, 11) is 0. The predicted octanol–water partition coefficient (Wildman–Crippen LogP) is 3.45. The number of hydrogen-bond acceptors (Lipinski definition) is 2. The maximum Gasteiger partial charge on any atom is 0.169 e. The second-order valence-electron chi connectivity index (χ2n) is 2.38.